The second-order valence-electron chi connectivity index (χ2n) is 4.99. The average Bonchev–Trinajstić information content (AvgIpc) is 2.53. The number of hydrogen-bond donors (Lipinski definition) is 0. The van der Waals surface area contributed by atoms with Crippen LogP contribution < -0.4 is 0 Å². The number of ether oxygens (including phenoxy) is 1. The van der Waals surface area contributed by atoms with Gasteiger partial charge in [-0.1, -0.05) is 0 Å². The van der Waals surface area contributed by atoms with Crippen LogP contribution in [0.1, 0.15) is 20.8 Å². The van der Waals surface area contributed by atoms with Crippen molar-refractivity contribution in [2.75, 3.05) is 0 Å². The zero-order valence-corrected chi connectivity index (χ0v) is 12.5. The molecule has 1 heterocycles. The van der Waals surface area contributed by atoms with E-state index in [0.29, 0.717) is 5.52 Å². The fraction of sp³-hybridized carbons (Fsp3) is 0.308. The first-order valence-electron chi connectivity index (χ1n) is 5.47. The zero-order valence-electron chi connectivity index (χ0n) is 10.3. The topological polar surface area (TPSA) is 31.2 Å². The van der Waals surface area contributed by atoms with Gasteiger partial charge in [0.25, 0.3) is 0 Å². The standard InChI is InChI=1S/C13H13FINO2/c1-13(2,3)18-12(17)16-7-10(15)9-5-4-8(14)6-11(9)16/h4-7H,1-3H3. The quantitative estimate of drug-likeness (QED) is 0.660. The smallest absolute Gasteiger partial charge is 0.419 e. The molecule has 1 aromatic carbocycles. The van der Waals surface area contributed by atoms with Crippen LogP contribution in [0.3, 0.4) is 0 Å². The van der Waals surface area contributed by atoms with Gasteiger partial charge >= 0.3 is 6.09 Å². The second kappa shape index (κ2) is 4.53. The monoisotopic (exact) mass is 361 g/mol. The van der Waals surface area contributed by atoms with Gasteiger partial charge in [0.05, 0.1) is 5.52 Å². The van der Waals surface area contributed by atoms with Crippen LogP contribution in [0.25, 0.3) is 10.9 Å². The average molecular weight is 361 g/mol. The number of carbonyl (C=O) groups excluding carboxylic acids is 1. The molecule has 0 atom stereocenters. The maximum atomic E-state index is 13.3. The van der Waals surface area contributed by atoms with Crippen LogP contribution >= 0.6 is 22.6 Å². The van der Waals surface area contributed by atoms with Crippen molar-refractivity contribution in [3.8, 4) is 0 Å². The molecule has 2 rings (SSSR count). The summed E-state index contributed by atoms with van der Waals surface area (Å²) in [5.41, 5.74) is -0.0550. The molecule has 0 aliphatic rings. The minimum Gasteiger partial charge on any atom is -0.443 e. The Hall–Kier alpha value is -1.11. The number of aromatic nitrogens is 1. The maximum Gasteiger partial charge on any atom is 0.419 e. The third-order valence-corrected chi connectivity index (χ3v) is 3.17. The predicted molar refractivity (Wildman–Crippen MR) is 76.2 cm³/mol. The Bertz CT molecular complexity index is 613. The van der Waals surface area contributed by atoms with Crippen molar-refractivity contribution < 1.29 is 13.9 Å². The van der Waals surface area contributed by atoms with E-state index in [2.05, 4.69) is 22.6 Å². The first-order chi connectivity index (χ1) is 8.28. The van der Waals surface area contributed by atoms with E-state index in [-0.39, 0.29) is 5.82 Å². The number of carbonyl (C=O) groups is 1. The lowest BCUT2D eigenvalue weighted by atomic mass is 10.2. The molecule has 0 unspecified atom stereocenters. The fourth-order valence-electron chi connectivity index (χ4n) is 1.62. The van der Waals surface area contributed by atoms with E-state index in [4.69, 9.17) is 4.74 Å². The Balaban J connectivity index is 2.51. The van der Waals surface area contributed by atoms with E-state index >= 15 is 0 Å². The summed E-state index contributed by atoms with van der Waals surface area (Å²) in [5, 5.41) is 0.836. The van der Waals surface area contributed by atoms with E-state index in [1.165, 1.54) is 16.7 Å². The number of hydrogen-bond acceptors (Lipinski definition) is 2. The molecule has 0 amide bonds. The molecule has 0 saturated carbocycles. The summed E-state index contributed by atoms with van der Waals surface area (Å²) in [7, 11) is 0. The van der Waals surface area contributed by atoms with Crippen molar-refractivity contribution in [2.24, 2.45) is 0 Å². The summed E-state index contributed by atoms with van der Waals surface area (Å²) in [4.78, 5) is 12.0. The Morgan fingerprint density at radius 2 is 2.06 bits per heavy atom. The van der Waals surface area contributed by atoms with Crippen LogP contribution in [0.4, 0.5) is 9.18 Å². The third-order valence-electron chi connectivity index (χ3n) is 2.31. The molecule has 2 aromatic rings. The predicted octanol–water partition coefficient (Wildman–Crippen LogP) is 4.17. The molecule has 0 saturated heterocycles. The van der Waals surface area contributed by atoms with Crippen LogP contribution in [0.2, 0.25) is 0 Å². The summed E-state index contributed by atoms with van der Waals surface area (Å²) < 4.78 is 20.8. The molecule has 5 heteroatoms. The third kappa shape index (κ3) is 2.66. The number of rotatable bonds is 0. The summed E-state index contributed by atoms with van der Waals surface area (Å²) in [6.07, 6.45) is 1.15. The highest BCUT2D eigenvalue weighted by Crippen LogP contribution is 2.24. The van der Waals surface area contributed by atoms with Gasteiger partial charge in [0.2, 0.25) is 0 Å². The molecule has 0 aliphatic carbocycles. The van der Waals surface area contributed by atoms with Gasteiger partial charge in [-0.3, -0.25) is 4.57 Å². The van der Waals surface area contributed by atoms with Crippen molar-refractivity contribution in [1.82, 2.24) is 4.57 Å². The van der Waals surface area contributed by atoms with Gasteiger partial charge in [-0.2, -0.15) is 0 Å². The van der Waals surface area contributed by atoms with Gasteiger partial charge in [-0.15, -0.1) is 0 Å². The van der Waals surface area contributed by atoms with E-state index in [9.17, 15) is 9.18 Å². The van der Waals surface area contributed by atoms with Gasteiger partial charge in [-0.25, -0.2) is 9.18 Å². The number of nitrogens with zero attached hydrogens (tertiary/aromatic N) is 1. The van der Waals surface area contributed by atoms with Gasteiger partial charge < -0.3 is 4.74 Å². The number of benzene rings is 1. The molecular formula is C13H13FINO2. The molecule has 1 aromatic heterocycles. The lowest BCUT2D eigenvalue weighted by Crippen LogP contribution is -2.26. The Kier molecular flexibility index (Phi) is 3.35. The maximum absolute atomic E-state index is 13.3. The molecule has 96 valence electrons. The Labute approximate surface area is 118 Å². The highest BCUT2D eigenvalue weighted by atomic mass is 127. The van der Waals surface area contributed by atoms with Crippen molar-refractivity contribution in [3.63, 3.8) is 0 Å². The normalized spacial score (nSPS) is 11.8. The molecule has 0 bridgehead atoms. The van der Waals surface area contributed by atoms with Crippen LogP contribution in [-0.2, 0) is 4.74 Å². The molecule has 0 spiro atoms. The summed E-state index contributed by atoms with van der Waals surface area (Å²) in [6, 6.07) is 4.37. The lowest BCUT2D eigenvalue weighted by Gasteiger charge is -2.19. The van der Waals surface area contributed by atoms with Gasteiger partial charge in [0, 0.05) is 15.2 Å². The molecule has 0 fully saturated rings. The summed E-state index contributed by atoms with van der Waals surface area (Å²) >= 11 is 2.11. The lowest BCUT2D eigenvalue weighted by molar-refractivity contribution is 0.0544. The van der Waals surface area contributed by atoms with Crippen LogP contribution in [0.15, 0.2) is 24.4 Å². The molecule has 18 heavy (non-hydrogen) atoms. The van der Waals surface area contributed by atoms with Crippen LogP contribution in [-0.4, -0.2) is 16.3 Å². The number of halogens is 2. The van der Waals surface area contributed by atoms with E-state index in [1.807, 2.05) is 0 Å². The first kappa shape index (κ1) is 13.3. The summed E-state index contributed by atoms with van der Waals surface area (Å²) in [5.74, 6) is -0.373. The first-order valence-corrected chi connectivity index (χ1v) is 6.55. The SMILES string of the molecule is CC(C)(C)OC(=O)n1cc(I)c2ccc(F)cc21. The van der Waals surface area contributed by atoms with E-state index < -0.39 is 11.7 Å². The molecular weight excluding hydrogens is 348 g/mol. The summed E-state index contributed by atoms with van der Waals surface area (Å²) in [6.45, 7) is 5.38. The largest absolute Gasteiger partial charge is 0.443 e. The van der Waals surface area contributed by atoms with Crippen LogP contribution in [0, 0.1) is 9.39 Å². The van der Waals surface area contributed by atoms with Crippen molar-refractivity contribution in [1.29, 1.82) is 0 Å². The molecule has 0 radical (unpaired) electrons. The molecule has 0 N–H and O–H groups in total. The minimum atomic E-state index is -0.577. The van der Waals surface area contributed by atoms with Crippen molar-refractivity contribution in [3.05, 3.63) is 33.8 Å². The van der Waals surface area contributed by atoms with Crippen molar-refractivity contribution >= 4 is 39.6 Å². The van der Waals surface area contributed by atoms with Crippen LogP contribution in [0.5, 0.6) is 0 Å². The zero-order chi connectivity index (χ0) is 13.5. The van der Waals surface area contributed by atoms with Gasteiger partial charge in [0.1, 0.15) is 11.4 Å². The second-order valence-corrected chi connectivity index (χ2v) is 6.15. The highest BCUT2D eigenvalue weighted by Gasteiger charge is 2.20. The Morgan fingerprint density at radius 1 is 1.39 bits per heavy atom. The fourth-order valence-corrected chi connectivity index (χ4v) is 2.36. The minimum absolute atomic E-state index is 0.373. The molecule has 3 nitrogen and oxygen atoms in total. The van der Waals surface area contributed by atoms with Gasteiger partial charge in [-0.05, 0) is 61.6 Å². The highest BCUT2D eigenvalue weighted by molar-refractivity contribution is 14.1. The van der Waals surface area contributed by atoms with Crippen molar-refractivity contribution in [2.45, 2.75) is 26.4 Å². The molecule has 0 aliphatic heterocycles. The van der Waals surface area contributed by atoms with Gasteiger partial charge in [0.15, 0.2) is 0 Å². The van der Waals surface area contributed by atoms with E-state index in [0.717, 1.165) is 8.96 Å². The van der Waals surface area contributed by atoms with E-state index in [1.54, 1.807) is 33.0 Å². The number of fused-ring (bicyclic) bond motifs is 1. The Morgan fingerprint density at radius 3 is 2.67 bits per heavy atom.